The summed E-state index contributed by atoms with van der Waals surface area (Å²) >= 11 is 0. The number of fused-ring (bicyclic) bond motifs is 1. The maximum atomic E-state index is 12.9. The molecule has 3 atom stereocenters. The van der Waals surface area contributed by atoms with Crippen LogP contribution in [0, 0.1) is 5.92 Å². The summed E-state index contributed by atoms with van der Waals surface area (Å²) in [5.74, 6) is -0.145. The van der Waals surface area contributed by atoms with Gasteiger partial charge in [-0.2, -0.15) is 0 Å². The Labute approximate surface area is 186 Å². The summed E-state index contributed by atoms with van der Waals surface area (Å²) in [7, 11) is 0. The molecule has 6 heteroatoms. The van der Waals surface area contributed by atoms with Crippen molar-refractivity contribution in [3.8, 4) is 0 Å². The average Bonchev–Trinajstić information content (AvgIpc) is 3.07. The van der Waals surface area contributed by atoms with Crippen LogP contribution in [0.3, 0.4) is 0 Å². The topological polar surface area (TPSA) is 78.5 Å². The van der Waals surface area contributed by atoms with Crippen LogP contribution >= 0.6 is 0 Å². The van der Waals surface area contributed by atoms with Crippen molar-refractivity contribution in [1.82, 2.24) is 15.5 Å². The third-order valence-corrected chi connectivity index (χ3v) is 6.70. The number of amides is 3. The van der Waals surface area contributed by atoms with Crippen LogP contribution in [0.4, 0.5) is 0 Å². The summed E-state index contributed by atoms with van der Waals surface area (Å²) in [5.41, 5.74) is 2.94. The summed E-state index contributed by atoms with van der Waals surface area (Å²) < 4.78 is 0. The molecular formula is C25H37N3O3. The second kappa shape index (κ2) is 10.9. The molecule has 31 heavy (non-hydrogen) atoms. The number of unbranched alkanes of at least 4 members (excludes halogenated alkanes) is 2. The molecule has 1 unspecified atom stereocenters. The predicted octanol–water partition coefficient (Wildman–Crippen LogP) is 3.57. The van der Waals surface area contributed by atoms with Gasteiger partial charge in [0, 0.05) is 24.6 Å². The number of piperidine rings is 1. The standard InChI is InChI=1S/C25H37N3O3/c1-4-6-7-8-19(15-26-17(3)5-2)13-18-9-10-21-20(14-18)16-28(25(21)31)22-11-12-23(29)27-24(22)30/h9-10,14,17,19,22,26H,4-8,11-13,15-16H2,1-3H3,(H,27,29,30)/t17-,19+,22?/m0/s1. The molecule has 2 aliphatic rings. The van der Waals surface area contributed by atoms with Crippen LogP contribution in [0.1, 0.15) is 87.2 Å². The molecule has 170 valence electrons. The molecule has 0 radical (unpaired) electrons. The number of rotatable bonds is 11. The normalized spacial score (nSPS) is 20.5. The molecule has 0 spiro atoms. The lowest BCUT2D eigenvalue weighted by molar-refractivity contribution is -0.136. The Hall–Kier alpha value is -2.21. The van der Waals surface area contributed by atoms with Gasteiger partial charge in [-0.15, -0.1) is 0 Å². The van der Waals surface area contributed by atoms with E-state index in [0.717, 1.165) is 24.9 Å². The maximum absolute atomic E-state index is 12.9. The largest absolute Gasteiger partial charge is 0.322 e. The van der Waals surface area contributed by atoms with Gasteiger partial charge in [-0.3, -0.25) is 19.7 Å². The molecule has 0 aliphatic carbocycles. The number of carbonyl (C=O) groups excluding carboxylic acids is 3. The highest BCUT2D eigenvalue weighted by Crippen LogP contribution is 2.29. The van der Waals surface area contributed by atoms with Crippen molar-refractivity contribution in [2.75, 3.05) is 6.54 Å². The first-order valence-electron chi connectivity index (χ1n) is 11.9. The van der Waals surface area contributed by atoms with Crippen molar-refractivity contribution in [3.63, 3.8) is 0 Å². The lowest BCUT2D eigenvalue weighted by Gasteiger charge is -2.29. The van der Waals surface area contributed by atoms with Gasteiger partial charge in [0.1, 0.15) is 6.04 Å². The van der Waals surface area contributed by atoms with E-state index < -0.39 is 6.04 Å². The second-order valence-corrected chi connectivity index (χ2v) is 9.17. The zero-order valence-corrected chi connectivity index (χ0v) is 19.2. The number of hydrogen-bond acceptors (Lipinski definition) is 4. The zero-order chi connectivity index (χ0) is 22.4. The maximum Gasteiger partial charge on any atom is 0.255 e. The molecule has 2 N–H and O–H groups in total. The van der Waals surface area contributed by atoms with E-state index in [1.165, 1.54) is 31.2 Å². The van der Waals surface area contributed by atoms with Gasteiger partial charge >= 0.3 is 0 Å². The van der Waals surface area contributed by atoms with Crippen molar-refractivity contribution in [2.45, 2.75) is 90.8 Å². The summed E-state index contributed by atoms with van der Waals surface area (Å²) in [6.07, 6.45) is 7.74. The Balaban J connectivity index is 1.67. The number of hydrogen-bond donors (Lipinski definition) is 2. The molecular weight excluding hydrogens is 390 g/mol. The van der Waals surface area contributed by atoms with E-state index in [-0.39, 0.29) is 24.1 Å². The quantitative estimate of drug-likeness (QED) is 0.418. The van der Waals surface area contributed by atoms with Crippen LogP contribution < -0.4 is 10.6 Å². The van der Waals surface area contributed by atoms with E-state index in [9.17, 15) is 14.4 Å². The van der Waals surface area contributed by atoms with Crippen LogP contribution in [0.2, 0.25) is 0 Å². The summed E-state index contributed by atoms with van der Waals surface area (Å²) in [5, 5.41) is 6.03. The van der Waals surface area contributed by atoms with Gasteiger partial charge in [0.25, 0.3) is 5.91 Å². The molecule has 1 aromatic rings. The van der Waals surface area contributed by atoms with Crippen molar-refractivity contribution < 1.29 is 14.4 Å². The van der Waals surface area contributed by atoms with Gasteiger partial charge in [-0.05, 0) is 62.3 Å². The Kier molecular flexibility index (Phi) is 8.24. The van der Waals surface area contributed by atoms with E-state index in [4.69, 9.17) is 0 Å². The van der Waals surface area contributed by atoms with Gasteiger partial charge in [-0.25, -0.2) is 0 Å². The minimum Gasteiger partial charge on any atom is -0.322 e. The fourth-order valence-corrected chi connectivity index (χ4v) is 4.56. The van der Waals surface area contributed by atoms with E-state index in [0.29, 0.717) is 30.5 Å². The van der Waals surface area contributed by atoms with Gasteiger partial charge in [0.15, 0.2) is 0 Å². The average molecular weight is 428 g/mol. The number of nitrogens with one attached hydrogen (secondary N) is 2. The molecule has 0 aromatic heterocycles. The monoisotopic (exact) mass is 427 g/mol. The Bertz CT molecular complexity index is 807. The van der Waals surface area contributed by atoms with Crippen molar-refractivity contribution >= 4 is 17.7 Å². The first kappa shape index (κ1) is 23.5. The number of carbonyl (C=O) groups is 3. The molecule has 1 saturated heterocycles. The van der Waals surface area contributed by atoms with Crippen LogP contribution in [-0.4, -0.2) is 41.2 Å². The molecule has 2 heterocycles. The van der Waals surface area contributed by atoms with Crippen LogP contribution in [0.25, 0.3) is 0 Å². The fourth-order valence-electron chi connectivity index (χ4n) is 4.56. The molecule has 0 bridgehead atoms. The molecule has 2 aliphatic heterocycles. The molecule has 3 rings (SSSR count). The highest BCUT2D eigenvalue weighted by atomic mass is 16.2. The number of nitrogens with zero attached hydrogens (tertiary/aromatic N) is 1. The van der Waals surface area contributed by atoms with Crippen LogP contribution in [0.15, 0.2) is 18.2 Å². The number of benzene rings is 1. The molecule has 3 amide bonds. The molecule has 1 aromatic carbocycles. The van der Waals surface area contributed by atoms with Crippen LogP contribution in [-0.2, 0) is 22.6 Å². The zero-order valence-electron chi connectivity index (χ0n) is 19.2. The van der Waals surface area contributed by atoms with Gasteiger partial charge in [-0.1, -0.05) is 45.2 Å². The van der Waals surface area contributed by atoms with Gasteiger partial charge in [0.05, 0.1) is 0 Å². The lowest BCUT2D eigenvalue weighted by atomic mass is 9.92. The molecule has 0 saturated carbocycles. The SMILES string of the molecule is CCCCC[C@@H](CN[C@@H](C)CC)Cc1ccc2c(c1)CN(C1CCC(=O)NC1=O)C2=O. The smallest absolute Gasteiger partial charge is 0.255 e. The van der Waals surface area contributed by atoms with Crippen molar-refractivity contribution in [2.24, 2.45) is 5.92 Å². The number of imide groups is 1. The molecule has 6 nitrogen and oxygen atoms in total. The third-order valence-electron chi connectivity index (χ3n) is 6.70. The fraction of sp³-hybridized carbons (Fsp3) is 0.640. The first-order valence-corrected chi connectivity index (χ1v) is 11.9. The van der Waals surface area contributed by atoms with E-state index in [1.54, 1.807) is 4.90 Å². The second-order valence-electron chi connectivity index (χ2n) is 9.17. The Morgan fingerprint density at radius 3 is 2.71 bits per heavy atom. The summed E-state index contributed by atoms with van der Waals surface area (Å²) in [6.45, 7) is 8.12. The highest BCUT2D eigenvalue weighted by molar-refractivity contribution is 6.05. The first-order chi connectivity index (χ1) is 14.9. The van der Waals surface area contributed by atoms with E-state index >= 15 is 0 Å². The minimum atomic E-state index is -0.553. The molecule has 1 fully saturated rings. The Morgan fingerprint density at radius 2 is 2.00 bits per heavy atom. The summed E-state index contributed by atoms with van der Waals surface area (Å²) in [4.78, 5) is 38.2. The summed E-state index contributed by atoms with van der Waals surface area (Å²) in [6, 6.07) is 6.11. The van der Waals surface area contributed by atoms with E-state index in [1.807, 2.05) is 6.07 Å². The third kappa shape index (κ3) is 5.94. The van der Waals surface area contributed by atoms with Crippen molar-refractivity contribution in [1.29, 1.82) is 0 Å². The van der Waals surface area contributed by atoms with Crippen LogP contribution in [0.5, 0.6) is 0 Å². The Morgan fingerprint density at radius 1 is 1.19 bits per heavy atom. The highest BCUT2D eigenvalue weighted by Gasteiger charge is 2.39. The minimum absolute atomic E-state index is 0.103. The lowest BCUT2D eigenvalue weighted by Crippen LogP contribution is -2.52. The predicted molar refractivity (Wildman–Crippen MR) is 122 cm³/mol. The van der Waals surface area contributed by atoms with E-state index in [2.05, 4.69) is 43.5 Å². The van der Waals surface area contributed by atoms with Gasteiger partial charge < -0.3 is 10.2 Å². The van der Waals surface area contributed by atoms with Crippen molar-refractivity contribution in [3.05, 3.63) is 34.9 Å². The van der Waals surface area contributed by atoms with Gasteiger partial charge in [0.2, 0.25) is 11.8 Å².